The lowest BCUT2D eigenvalue weighted by molar-refractivity contribution is -0.149. The summed E-state index contributed by atoms with van der Waals surface area (Å²) in [5.74, 6) is -1.43. The van der Waals surface area contributed by atoms with Crippen LogP contribution in [0.5, 0.6) is 5.88 Å². The van der Waals surface area contributed by atoms with Gasteiger partial charge in [0, 0.05) is 19.2 Å². The molecule has 1 saturated heterocycles. The molecular weight excluding hydrogens is 501 g/mol. The van der Waals surface area contributed by atoms with Crippen molar-refractivity contribution in [3.63, 3.8) is 0 Å². The van der Waals surface area contributed by atoms with Crippen molar-refractivity contribution in [2.45, 2.75) is 44.1 Å². The van der Waals surface area contributed by atoms with Gasteiger partial charge in [-0.05, 0) is 19.8 Å². The standard InChI is InChI=1S/C21H25F3N8O5/c1-11(21(22,23)24)28-19(35)17-25-6-14-18(30-17)32(12-3-2-4-31(14)7-12)20(36)29-15-5-16(27-10-26-15)37-9-13(34)8-33/h5-6,10-13,33-34H,2-4,7-9H2,1H3,(H,28,35)(H,26,27,29,36)/t11-,12?,13+/m1/s1. The highest BCUT2D eigenvalue weighted by molar-refractivity contribution is 6.04. The number of aliphatic hydroxyl groups is 2. The molecule has 37 heavy (non-hydrogen) atoms. The summed E-state index contributed by atoms with van der Waals surface area (Å²) in [6.45, 7) is 1.23. The number of halogens is 3. The number of fused-ring (bicyclic) bond motifs is 4. The number of rotatable bonds is 7. The number of piperidine rings is 1. The Morgan fingerprint density at radius 2 is 2.08 bits per heavy atom. The Morgan fingerprint density at radius 3 is 2.81 bits per heavy atom. The number of anilines is 3. The van der Waals surface area contributed by atoms with E-state index in [-0.39, 0.29) is 30.2 Å². The van der Waals surface area contributed by atoms with Crippen LogP contribution in [0.3, 0.4) is 0 Å². The minimum absolute atomic E-state index is 0.0424. The van der Waals surface area contributed by atoms with Crippen molar-refractivity contribution >= 4 is 29.3 Å². The van der Waals surface area contributed by atoms with Crippen molar-refractivity contribution in [2.75, 3.05) is 41.4 Å². The van der Waals surface area contributed by atoms with E-state index in [0.717, 1.165) is 19.7 Å². The third-order valence-electron chi connectivity index (χ3n) is 5.85. The summed E-state index contributed by atoms with van der Waals surface area (Å²) in [5.41, 5.74) is 0.469. The van der Waals surface area contributed by atoms with Gasteiger partial charge >= 0.3 is 12.2 Å². The molecule has 0 spiro atoms. The van der Waals surface area contributed by atoms with E-state index in [9.17, 15) is 27.9 Å². The molecule has 0 saturated carbocycles. The van der Waals surface area contributed by atoms with E-state index < -0.39 is 42.7 Å². The molecule has 4 heterocycles. The molecule has 0 aromatic carbocycles. The molecule has 0 aliphatic carbocycles. The molecule has 2 bridgehead atoms. The van der Waals surface area contributed by atoms with E-state index in [1.165, 1.54) is 17.2 Å². The van der Waals surface area contributed by atoms with Gasteiger partial charge in [-0.3, -0.25) is 15.0 Å². The van der Waals surface area contributed by atoms with Gasteiger partial charge in [-0.2, -0.15) is 13.2 Å². The Kier molecular flexibility index (Phi) is 7.58. The van der Waals surface area contributed by atoms with Crippen molar-refractivity contribution < 1.29 is 37.7 Å². The average Bonchev–Trinajstić information content (AvgIpc) is 2.86. The van der Waals surface area contributed by atoms with Gasteiger partial charge in [0.2, 0.25) is 11.7 Å². The van der Waals surface area contributed by atoms with Gasteiger partial charge in [0.15, 0.2) is 5.82 Å². The molecule has 2 aromatic rings. The van der Waals surface area contributed by atoms with Crippen molar-refractivity contribution in [3.05, 3.63) is 24.4 Å². The van der Waals surface area contributed by atoms with Crippen molar-refractivity contribution in [2.24, 2.45) is 0 Å². The molecule has 2 aliphatic heterocycles. The molecule has 3 amide bonds. The van der Waals surface area contributed by atoms with E-state index in [2.05, 4.69) is 25.3 Å². The Balaban J connectivity index is 1.57. The zero-order chi connectivity index (χ0) is 26.7. The number of aromatic nitrogens is 4. The molecule has 0 radical (unpaired) electrons. The van der Waals surface area contributed by atoms with Crippen LogP contribution in [0, 0.1) is 0 Å². The number of nitrogens with zero attached hydrogens (tertiary/aromatic N) is 6. The summed E-state index contributed by atoms with van der Waals surface area (Å²) in [7, 11) is 0. The van der Waals surface area contributed by atoms with Crippen molar-refractivity contribution in [1.82, 2.24) is 25.3 Å². The molecule has 4 rings (SSSR count). The van der Waals surface area contributed by atoms with Crippen LogP contribution < -0.4 is 25.2 Å². The number of hydrogen-bond acceptors (Lipinski definition) is 10. The first kappa shape index (κ1) is 26.3. The fraction of sp³-hybridized carbons (Fsp3) is 0.524. The van der Waals surface area contributed by atoms with Crippen LogP contribution in [-0.2, 0) is 0 Å². The summed E-state index contributed by atoms with van der Waals surface area (Å²) in [6.07, 6.45) is -1.89. The number of hydrogen-bond donors (Lipinski definition) is 4. The second kappa shape index (κ2) is 10.7. The van der Waals surface area contributed by atoms with Gasteiger partial charge in [-0.25, -0.2) is 24.7 Å². The number of nitrogens with one attached hydrogen (secondary N) is 2. The maximum atomic E-state index is 13.4. The number of carbonyl (C=O) groups excluding carboxylic acids is 2. The van der Waals surface area contributed by atoms with Gasteiger partial charge in [-0.15, -0.1) is 0 Å². The fourth-order valence-corrected chi connectivity index (χ4v) is 3.93. The lowest BCUT2D eigenvalue weighted by Gasteiger charge is -2.45. The van der Waals surface area contributed by atoms with E-state index in [1.807, 2.05) is 10.2 Å². The quantitative estimate of drug-likeness (QED) is 0.403. The van der Waals surface area contributed by atoms with E-state index in [4.69, 9.17) is 9.84 Å². The molecule has 3 atom stereocenters. The largest absolute Gasteiger partial charge is 0.475 e. The zero-order valence-corrected chi connectivity index (χ0v) is 19.6. The van der Waals surface area contributed by atoms with Gasteiger partial charge in [-0.1, -0.05) is 0 Å². The molecule has 1 fully saturated rings. The minimum atomic E-state index is -4.64. The lowest BCUT2D eigenvalue weighted by Crippen LogP contribution is -2.56. The number of amides is 3. The van der Waals surface area contributed by atoms with E-state index in [1.54, 1.807) is 0 Å². The molecule has 2 aliphatic rings. The number of aliphatic hydroxyl groups excluding tert-OH is 2. The Bertz CT molecular complexity index is 1150. The fourth-order valence-electron chi connectivity index (χ4n) is 3.93. The van der Waals surface area contributed by atoms with Crippen LogP contribution >= 0.6 is 0 Å². The highest BCUT2D eigenvalue weighted by Gasteiger charge is 2.40. The van der Waals surface area contributed by atoms with Gasteiger partial charge < -0.3 is 25.2 Å². The molecule has 1 unspecified atom stereocenters. The van der Waals surface area contributed by atoms with E-state index >= 15 is 0 Å². The lowest BCUT2D eigenvalue weighted by atomic mass is 10.0. The third-order valence-corrected chi connectivity index (χ3v) is 5.85. The van der Waals surface area contributed by atoms with Crippen LogP contribution in [-0.4, -0.2) is 92.8 Å². The van der Waals surface area contributed by atoms with Gasteiger partial charge in [0.05, 0.1) is 24.5 Å². The predicted octanol–water partition coefficient (Wildman–Crippen LogP) is 0.700. The molecule has 13 nitrogen and oxygen atoms in total. The van der Waals surface area contributed by atoms with Crippen LogP contribution in [0.25, 0.3) is 0 Å². The highest BCUT2D eigenvalue weighted by atomic mass is 19.4. The predicted molar refractivity (Wildman–Crippen MR) is 122 cm³/mol. The normalized spacial score (nSPS) is 18.5. The first-order valence-corrected chi connectivity index (χ1v) is 11.4. The topological polar surface area (TPSA) is 166 Å². The summed E-state index contributed by atoms with van der Waals surface area (Å²) in [6, 6.07) is -1.76. The van der Waals surface area contributed by atoms with Crippen molar-refractivity contribution in [1.29, 1.82) is 0 Å². The summed E-state index contributed by atoms with van der Waals surface area (Å²) < 4.78 is 44.0. The minimum Gasteiger partial charge on any atom is -0.475 e. The maximum Gasteiger partial charge on any atom is 0.408 e. The van der Waals surface area contributed by atoms with Crippen LogP contribution in [0.4, 0.5) is 35.3 Å². The Labute approximate surface area is 208 Å². The Hall–Kier alpha value is -3.79. The molecule has 16 heteroatoms. The molecule has 200 valence electrons. The SMILES string of the molecule is C[C@@H](NC(=O)c1ncc2c(n1)N(C(=O)Nc1cc(OC[C@@H](O)CO)ncn1)C1CCCN2C1)C(F)(F)F. The van der Waals surface area contributed by atoms with Crippen LogP contribution in [0.15, 0.2) is 18.6 Å². The summed E-state index contributed by atoms with van der Waals surface area (Å²) in [5, 5.41) is 22.8. The monoisotopic (exact) mass is 526 g/mol. The molecule has 2 aromatic heterocycles. The van der Waals surface area contributed by atoms with E-state index in [0.29, 0.717) is 25.2 Å². The van der Waals surface area contributed by atoms with Gasteiger partial charge in [0.1, 0.15) is 30.9 Å². The first-order chi connectivity index (χ1) is 17.6. The first-order valence-electron chi connectivity index (χ1n) is 11.4. The number of ether oxygens (including phenoxy) is 1. The molecule has 4 N–H and O–H groups in total. The number of alkyl halides is 3. The third kappa shape index (κ3) is 5.96. The average molecular weight is 526 g/mol. The Morgan fingerprint density at radius 1 is 1.30 bits per heavy atom. The zero-order valence-electron chi connectivity index (χ0n) is 19.6. The summed E-state index contributed by atoms with van der Waals surface area (Å²) >= 11 is 0. The maximum absolute atomic E-state index is 13.4. The second-order valence-electron chi connectivity index (χ2n) is 8.57. The van der Waals surface area contributed by atoms with Gasteiger partial charge in [0.25, 0.3) is 5.91 Å². The van der Waals surface area contributed by atoms with Crippen LogP contribution in [0.1, 0.15) is 30.4 Å². The summed E-state index contributed by atoms with van der Waals surface area (Å²) in [4.78, 5) is 45.1. The smallest absolute Gasteiger partial charge is 0.408 e. The number of carbonyl (C=O) groups is 2. The molecular formula is C21H25F3N8O5. The van der Waals surface area contributed by atoms with Crippen molar-refractivity contribution in [3.8, 4) is 5.88 Å². The van der Waals surface area contributed by atoms with Crippen LogP contribution in [0.2, 0.25) is 0 Å². The highest BCUT2D eigenvalue weighted by Crippen LogP contribution is 2.37. The second-order valence-corrected chi connectivity index (χ2v) is 8.57. The number of urea groups is 1.